The monoisotopic (exact) mass is 250 g/mol. The summed E-state index contributed by atoms with van der Waals surface area (Å²) < 4.78 is 0. The first kappa shape index (κ1) is 13.0. The highest BCUT2D eigenvalue weighted by atomic mass is 16.3. The smallest absolute Gasteiger partial charge is 0.0622 e. The number of rotatable bonds is 1. The van der Waals surface area contributed by atoms with E-state index in [4.69, 9.17) is 0 Å². The summed E-state index contributed by atoms with van der Waals surface area (Å²) in [6.07, 6.45) is 12.9. The fraction of sp³-hybridized carbons (Fsp3) is 1.00. The van der Waals surface area contributed by atoms with E-state index in [-0.39, 0.29) is 0 Å². The molecular weight excluding hydrogens is 220 g/mol. The van der Waals surface area contributed by atoms with E-state index in [2.05, 4.69) is 0 Å². The Morgan fingerprint density at radius 1 is 0.778 bits per heavy atom. The molecular formula is C17H30O. The third-order valence-corrected chi connectivity index (χ3v) is 6.37. The highest BCUT2D eigenvalue weighted by molar-refractivity contribution is 4.96. The molecule has 0 aliphatic heterocycles. The lowest BCUT2D eigenvalue weighted by molar-refractivity contribution is -0.0769. The molecule has 18 heavy (non-hydrogen) atoms. The highest BCUT2D eigenvalue weighted by Crippen LogP contribution is 2.53. The van der Waals surface area contributed by atoms with Gasteiger partial charge >= 0.3 is 0 Å². The van der Waals surface area contributed by atoms with Crippen molar-refractivity contribution < 1.29 is 5.11 Å². The molecule has 1 N–H and O–H groups in total. The second kappa shape index (κ2) is 4.81. The van der Waals surface area contributed by atoms with Crippen LogP contribution in [0.2, 0.25) is 0 Å². The molecule has 0 amide bonds. The van der Waals surface area contributed by atoms with Crippen molar-refractivity contribution in [2.45, 2.75) is 77.2 Å². The molecule has 0 aromatic heterocycles. The van der Waals surface area contributed by atoms with Crippen molar-refractivity contribution >= 4 is 0 Å². The zero-order chi connectivity index (χ0) is 12.8. The van der Waals surface area contributed by atoms with Gasteiger partial charge in [-0.1, -0.05) is 38.5 Å². The Labute approximate surface area is 112 Å². The van der Waals surface area contributed by atoms with Crippen molar-refractivity contribution in [1.82, 2.24) is 0 Å². The summed E-state index contributed by atoms with van der Waals surface area (Å²) in [5.41, 5.74) is -0.454. The van der Waals surface area contributed by atoms with Crippen molar-refractivity contribution in [2.75, 3.05) is 0 Å². The van der Waals surface area contributed by atoms with Gasteiger partial charge in [0.2, 0.25) is 0 Å². The van der Waals surface area contributed by atoms with Gasteiger partial charge in [0.1, 0.15) is 0 Å². The highest BCUT2D eigenvalue weighted by Gasteiger charge is 2.46. The Morgan fingerprint density at radius 2 is 1.39 bits per heavy atom. The van der Waals surface area contributed by atoms with Crippen LogP contribution in [-0.4, -0.2) is 10.7 Å². The molecule has 0 heterocycles. The van der Waals surface area contributed by atoms with Crippen molar-refractivity contribution in [3.63, 3.8) is 0 Å². The van der Waals surface area contributed by atoms with Gasteiger partial charge in [-0.25, -0.2) is 0 Å². The molecule has 0 spiro atoms. The number of hydrogen-bond donors (Lipinski definition) is 1. The Morgan fingerprint density at radius 3 is 2.06 bits per heavy atom. The summed E-state index contributed by atoms with van der Waals surface area (Å²) in [4.78, 5) is 0. The van der Waals surface area contributed by atoms with Crippen molar-refractivity contribution in [3.05, 3.63) is 0 Å². The standard InChI is InChI=1S/C17H30O/c1-17(2,18)16-9-5-8-14-10-12-6-3-4-7-13(12)11-15(14)16/h12-16,18H,3-11H2,1-2H3/t12?,13?,14-,15+,16+/m1/s1. The first-order chi connectivity index (χ1) is 8.55. The topological polar surface area (TPSA) is 20.2 Å². The zero-order valence-electron chi connectivity index (χ0n) is 12.2. The fourth-order valence-electron chi connectivity index (χ4n) is 5.53. The summed E-state index contributed by atoms with van der Waals surface area (Å²) >= 11 is 0. The summed E-state index contributed by atoms with van der Waals surface area (Å²) in [5, 5.41) is 10.5. The molecule has 104 valence electrons. The molecule has 0 radical (unpaired) electrons. The lowest BCUT2D eigenvalue weighted by Gasteiger charge is -2.51. The van der Waals surface area contributed by atoms with E-state index in [9.17, 15) is 5.11 Å². The molecule has 0 aromatic rings. The van der Waals surface area contributed by atoms with Gasteiger partial charge < -0.3 is 5.11 Å². The minimum Gasteiger partial charge on any atom is -0.390 e. The molecule has 0 saturated heterocycles. The van der Waals surface area contributed by atoms with Crippen LogP contribution in [0.3, 0.4) is 0 Å². The van der Waals surface area contributed by atoms with Crippen LogP contribution >= 0.6 is 0 Å². The van der Waals surface area contributed by atoms with Crippen LogP contribution in [0, 0.1) is 29.6 Å². The molecule has 0 bridgehead atoms. The Bertz CT molecular complexity index is 290. The van der Waals surface area contributed by atoms with E-state index >= 15 is 0 Å². The molecule has 1 nitrogen and oxygen atoms in total. The summed E-state index contributed by atoms with van der Waals surface area (Å²) in [6, 6.07) is 0. The van der Waals surface area contributed by atoms with Gasteiger partial charge in [-0.3, -0.25) is 0 Å². The number of aliphatic hydroxyl groups is 1. The van der Waals surface area contributed by atoms with Gasteiger partial charge in [0.05, 0.1) is 5.60 Å². The number of hydrogen-bond acceptors (Lipinski definition) is 1. The van der Waals surface area contributed by atoms with Crippen LogP contribution in [0.5, 0.6) is 0 Å². The second-order valence-corrected chi connectivity index (χ2v) is 7.89. The van der Waals surface area contributed by atoms with Crippen molar-refractivity contribution in [2.24, 2.45) is 29.6 Å². The first-order valence-corrected chi connectivity index (χ1v) is 8.28. The first-order valence-electron chi connectivity index (χ1n) is 8.28. The summed E-state index contributed by atoms with van der Waals surface area (Å²) in [6.45, 7) is 4.10. The van der Waals surface area contributed by atoms with Gasteiger partial charge in [-0.15, -0.1) is 0 Å². The predicted octanol–water partition coefficient (Wildman–Crippen LogP) is 4.39. The molecule has 3 fully saturated rings. The molecule has 3 saturated carbocycles. The summed E-state index contributed by atoms with van der Waals surface area (Å²) in [5.74, 6) is 4.38. The molecule has 5 atom stereocenters. The Hall–Kier alpha value is -0.0400. The molecule has 2 unspecified atom stereocenters. The fourth-order valence-corrected chi connectivity index (χ4v) is 5.53. The summed E-state index contributed by atoms with van der Waals surface area (Å²) in [7, 11) is 0. The van der Waals surface area contributed by atoms with Gasteiger partial charge in [0.25, 0.3) is 0 Å². The van der Waals surface area contributed by atoms with E-state index in [1.165, 1.54) is 57.8 Å². The minimum atomic E-state index is -0.454. The third-order valence-electron chi connectivity index (χ3n) is 6.37. The molecule has 3 aliphatic rings. The molecule has 1 heteroatoms. The molecule has 3 aliphatic carbocycles. The minimum absolute atomic E-state index is 0.454. The van der Waals surface area contributed by atoms with Gasteiger partial charge in [0, 0.05) is 0 Å². The van der Waals surface area contributed by atoms with Gasteiger partial charge in [-0.05, 0) is 62.7 Å². The normalized spacial score (nSPS) is 45.2. The third kappa shape index (κ3) is 2.35. The zero-order valence-corrected chi connectivity index (χ0v) is 12.2. The maximum atomic E-state index is 10.5. The Balaban J connectivity index is 1.75. The maximum absolute atomic E-state index is 10.5. The van der Waals surface area contributed by atoms with E-state index in [1.54, 1.807) is 0 Å². The molecule has 3 rings (SSSR count). The van der Waals surface area contributed by atoms with Crippen LogP contribution in [0.25, 0.3) is 0 Å². The van der Waals surface area contributed by atoms with E-state index in [0.29, 0.717) is 5.92 Å². The van der Waals surface area contributed by atoms with Crippen LogP contribution in [0.15, 0.2) is 0 Å². The predicted molar refractivity (Wildman–Crippen MR) is 75.3 cm³/mol. The van der Waals surface area contributed by atoms with Crippen molar-refractivity contribution in [1.29, 1.82) is 0 Å². The maximum Gasteiger partial charge on any atom is 0.0622 e. The molecule has 0 aromatic carbocycles. The lowest BCUT2D eigenvalue weighted by atomic mass is 9.55. The largest absolute Gasteiger partial charge is 0.390 e. The van der Waals surface area contributed by atoms with Crippen LogP contribution < -0.4 is 0 Å². The average Bonchev–Trinajstić information content (AvgIpc) is 2.34. The number of fused-ring (bicyclic) bond motifs is 2. The van der Waals surface area contributed by atoms with E-state index < -0.39 is 5.60 Å². The van der Waals surface area contributed by atoms with E-state index in [0.717, 1.165) is 23.7 Å². The van der Waals surface area contributed by atoms with E-state index in [1.807, 2.05) is 13.8 Å². The van der Waals surface area contributed by atoms with Crippen molar-refractivity contribution in [3.8, 4) is 0 Å². The second-order valence-electron chi connectivity index (χ2n) is 7.89. The Kier molecular flexibility index (Phi) is 3.47. The van der Waals surface area contributed by atoms with Gasteiger partial charge in [-0.2, -0.15) is 0 Å². The van der Waals surface area contributed by atoms with Crippen LogP contribution in [0.1, 0.15) is 71.6 Å². The quantitative estimate of drug-likeness (QED) is 0.732. The van der Waals surface area contributed by atoms with Crippen LogP contribution in [0.4, 0.5) is 0 Å². The SMILES string of the molecule is CC(C)(O)[C@H]1CCC[C@@H]2CC3CCCCC3C[C@@H]21. The lowest BCUT2D eigenvalue weighted by Crippen LogP contribution is -2.46. The van der Waals surface area contributed by atoms with Crippen LogP contribution in [-0.2, 0) is 0 Å². The van der Waals surface area contributed by atoms with Gasteiger partial charge in [0.15, 0.2) is 0 Å². The average molecular weight is 250 g/mol.